The van der Waals surface area contributed by atoms with Crippen molar-refractivity contribution in [2.24, 2.45) is 0 Å². The van der Waals surface area contributed by atoms with Crippen molar-refractivity contribution in [3.05, 3.63) is 57.5 Å². The standard InChI is InChI=1S/C18H14Br2N4O2S3/c19-11-5-1-3-7-13(11)21-15(25)9-27-17-23-24-18(29-17)28-10-16(26)22-14-8-4-2-6-12(14)20/h1-8H,9-10H2,(H,21,25)(H,22,26). The van der Waals surface area contributed by atoms with Crippen LogP contribution >= 0.6 is 66.7 Å². The van der Waals surface area contributed by atoms with Gasteiger partial charge in [0.25, 0.3) is 0 Å². The van der Waals surface area contributed by atoms with E-state index in [9.17, 15) is 9.59 Å². The normalized spacial score (nSPS) is 10.6. The van der Waals surface area contributed by atoms with Gasteiger partial charge < -0.3 is 10.6 Å². The number of anilines is 2. The fourth-order valence-corrected chi connectivity index (χ4v) is 5.45. The average molecular weight is 574 g/mol. The Morgan fingerprint density at radius 2 is 1.21 bits per heavy atom. The van der Waals surface area contributed by atoms with Gasteiger partial charge in [-0.05, 0) is 56.1 Å². The second-order valence-corrected chi connectivity index (χ2v) is 10.6. The van der Waals surface area contributed by atoms with E-state index >= 15 is 0 Å². The average Bonchev–Trinajstić information content (AvgIpc) is 3.16. The third-order valence-electron chi connectivity index (χ3n) is 3.34. The number of rotatable bonds is 8. The van der Waals surface area contributed by atoms with Crippen LogP contribution in [0.2, 0.25) is 0 Å². The van der Waals surface area contributed by atoms with Crippen LogP contribution in [0.5, 0.6) is 0 Å². The number of hydrogen-bond donors (Lipinski definition) is 2. The van der Waals surface area contributed by atoms with Gasteiger partial charge in [0.1, 0.15) is 0 Å². The predicted octanol–water partition coefficient (Wildman–Crippen LogP) is 5.52. The van der Waals surface area contributed by atoms with Crippen LogP contribution in [-0.2, 0) is 9.59 Å². The Morgan fingerprint density at radius 1 is 0.793 bits per heavy atom. The van der Waals surface area contributed by atoms with Crippen LogP contribution in [0.15, 0.2) is 66.2 Å². The van der Waals surface area contributed by atoms with Gasteiger partial charge in [-0.15, -0.1) is 10.2 Å². The SMILES string of the molecule is O=C(CSc1nnc(SCC(=O)Nc2ccccc2Br)s1)Nc1ccccc1Br. The van der Waals surface area contributed by atoms with E-state index in [2.05, 4.69) is 52.7 Å². The van der Waals surface area contributed by atoms with Crippen LogP contribution in [-0.4, -0.2) is 33.5 Å². The fraction of sp³-hybridized carbons (Fsp3) is 0.111. The summed E-state index contributed by atoms with van der Waals surface area (Å²) in [6.07, 6.45) is 0. The molecule has 6 nitrogen and oxygen atoms in total. The monoisotopic (exact) mass is 572 g/mol. The quantitative estimate of drug-likeness (QED) is 0.345. The molecule has 11 heteroatoms. The van der Waals surface area contributed by atoms with E-state index in [1.54, 1.807) is 0 Å². The number of nitrogens with one attached hydrogen (secondary N) is 2. The molecule has 150 valence electrons. The zero-order valence-electron chi connectivity index (χ0n) is 14.7. The molecule has 29 heavy (non-hydrogen) atoms. The van der Waals surface area contributed by atoms with Crippen LogP contribution in [0.4, 0.5) is 11.4 Å². The lowest BCUT2D eigenvalue weighted by atomic mass is 10.3. The van der Waals surface area contributed by atoms with Crippen molar-refractivity contribution in [2.75, 3.05) is 22.1 Å². The minimum atomic E-state index is -0.126. The molecule has 0 atom stereocenters. The summed E-state index contributed by atoms with van der Waals surface area (Å²) < 4.78 is 3.02. The Bertz CT molecular complexity index is 938. The Labute approximate surface area is 196 Å². The Balaban J connectivity index is 1.43. The topological polar surface area (TPSA) is 84.0 Å². The molecular weight excluding hydrogens is 560 g/mol. The number of aromatic nitrogens is 2. The second kappa shape index (κ2) is 11.1. The van der Waals surface area contributed by atoms with E-state index in [1.807, 2.05) is 48.5 Å². The summed E-state index contributed by atoms with van der Waals surface area (Å²) in [6.45, 7) is 0. The van der Waals surface area contributed by atoms with E-state index < -0.39 is 0 Å². The number of amides is 2. The largest absolute Gasteiger partial charge is 0.324 e. The third-order valence-corrected chi connectivity index (χ3v) is 7.91. The van der Waals surface area contributed by atoms with Gasteiger partial charge in [0.15, 0.2) is 8.68 Å². The summed E-state index contributed by atoms with van der Waals surface area (Å²) in [5.74, 6) is 0.199. The van der Waals surface area contributed by atoms with Gasteiger partial charge >= 0.3 is 0 Å². The van der Waals surface area contributed by atoms with Gasteiger partial charge in [0.05, 0.1) is 22.9 Å². The number of benzene rings is 2. The number of halogens is 2. The van der Waals surface area contributed by atoms with Crippen molar-refractivity contribution >= 4 is 89.9 Å². The lowest BCUT2D eigenvalue weighted by Crippen LogP contribution is -2.14. The predicted molar refractivity (Wildman–Crippen MR) is 127 cm³/mol. The summed E-state index contributed by atoms with van der Waals surface area (Å²) in [5, 5.41) is 13.8. The van der Waals surface area contributed by atoms with Crippen LogP contribution in [0.1, 0.15) is 0 Å². The van der Waals surface area contributed by atoms with E-state index in [1.165, 1.54) is 34.9 Å². The number of thioether (sulfide) groups is 2. The van der Waals surface area contributed by atoms with Crippen molar-refractivity contribution in [1.29, 1.82) is 0 Å². The Hall–Kier alpha value is -1.40. The highest BCUT2D eigenvalue weighted by Gasteiger charge is 2.12. The minimum absolute atomic E-state index is 0.126. The minimum Gasteiger partial charge on any atom is -0.324 e. The van der Waals surface area contributed by atoms with Crippen molar-refractivity contribution in [3.8, 4) is 0 Å². The van der Waals surface area contributed by atoms with Crippen LogP contribution in [0.25, 0.3) is 0 Å². The molecule has 2 N–H and O–H groups in total. The van der Waals surface area contributed by atoms with Crippen LogP contribution in [0, 0.1) is 0 Å². The lowest BCUT2D eigenvalue weighted by molar-refractivity contribution is -0.114. The first kappa shape index (κ1) is 22.3. The number of para-hydroxylation sites is 2. The molecule has 0 spiro atoms. The maximum absolute atomic E-state index is 12.1. The molecular formula is C18H14Br2N4O2S3. The van der Waals surface area contributed by atoms with E-state index in [0.717, 1.165) is 20.3 Å². The summed E-state index contributed by atoms with van der Waals surface area (Å²) in [5.41, 5.74) is 1.45. The van der Waals surface area contributed by atoms with Crippen molar-refractivity contribution in [3.63, 3.8) is 0 Å². The molecule has 2 amide bonds. The van der Waals surface area contributed by atoms with Crippen LogP contribution in [0.3, 0.4) is 0 Å². The van der Waals surface area contributed by atoms with Crippen molar-refractivity contribution in [1.82, 2.24) is 10.2 Å². The molecule has 1 heterocycles. The zero-order valence-corrected chi connectivity index (χ0v) is 20.3. The maximum Gasteiger partial charge on any atom is 0.234 e. The second-order valence-electron chi connectivity index (χ2n) is 5.47. The van der Waals surface area contributed by atoms with Gasteiger partial charge in [-0.1, -0.05) is 59.1 Å². The number of carbonyl (C=O) groups is 2. The molecule has 0 aliphatic heterocycles. The van der Waals surface area contributed by atoms with Gasteiger partial charge in [0, 0.05) is 8.95 Å². The molecule has 1 aromatic heterocycles. The summed E-state index contributed by atoms with van der Waals surface area (Å²) in [4.78, 5) is 24.2. The number of hydrogen-bond acceptors (Lipinski definition) is 7. The molecule has 0 saturated carbocycles. The number of carbonyl (C=O) groups excluding carboxylic acids is 2. The van der Waals surface area contributed by atoms with E-state index in [-0.39, 0.29) is 23.3 Å². The van der Waals surface area contributed by atoms with E-state index in [4.69, 9.17) is 0 Å². The number of nitrogens with zero attached hydrogens (tertiary/aromatic N) is 2. The first-order chi connectivity index (χ1) is 14.0. The highest BCUT2D eigenvalue weighted by Crippen LogP contribution is 2.29. The lowest BCUT2D eigenvalue weighted by Gasteiger charge is -2.06. The molecule has 0 saturated heterocycles. The highest BCUT2D eigenvalue weighted by atomic mass is 79.9. The van der Waals surface area contributed by atoms with Gasteiger partial charge in [-0.25, -0.2) is 0 Å². The molecule has 0 bridgehead atoms. The molecule has 3 rings (SSSR count). The molecule has 0 aliphatic carbocycles. The third kappa shape index (κ3) is 7.10. The molecule has 0 unspecified atom stereocenters. The van der Waals surface area contributed by atoms with Crippen molar-refractivity contribution in [2.45, 2.75) is 8.68 Å². The Kier molecular flexibility index (Phi) is 8.54. The van der Waals surface area contributed by atoms with Crippen molar-refractivity contribution < 1.29 is 9.59 Å². The fourth-order valence-electron chi connectivity index (χ4n) is 2.07. The maximum atomic E-state index is 12.1. The highest BCUT2D eigenvalue weighted by molar-refractivity contribution is 9.11. The van der Waals surface area contributed by atoms with E-state index in [0.29, 0.717) is 8.68 Å². The smallest absolute Gasteiger partial charge is 0.234 e. The molecule has 0 aliphatic rings. The van der Waals surface area contributed by atoms with Gasteiger partial charge in [-0.2, -0.15) is 0 Å². The molecule has 0 radical (unpaired) electrons. The molecule has 3 aromatic rings. The summed E-state index contributed by atoms with van der Waals surface area (Å²) in [6, 6.07) is 14.9. The summed E-state index contributed by atoms with van der Waals surface area (Å²) >= 11 is 10.8. The first-order valence-electron chi connectivity index (χ1n) is 8.19. The summed E-state index contributed by atoms with van der Waals surface area (Å²) in [7, 11) is 0. The zero-order chi connectivity index (χ0) is 20.6. The molecule has 0 fully saturated rings. The van der Waals surface area contributed by atoms with Gasteiger partial charge in [-0.3, -0.25) is 9.59 Å². The Morgan fingerprint density at radius 3 is 1.62 bits per heavy atom. The van der Waals surface area contributed by atoms with Gasteiger partial charge in [0.2, 0.25) is 11.8 Å². The molecule has 2 aromatic carbocycles. The first-order valence-corrected chi connectivity index (χ1v) is 12.6. The van der Waals surface area contributed by atoms with Crippen LogP contribution < -0.4 is 10.6 Å².